The Bertz CT molecular complexity index is 676. The van der Waals surface area contributed by atoms with Gasteiger partial charge in [-0.3, -0.25) is 0 Å². The van der Waals surface area contributed by atoms with Crippen molar-refractivity contribution < 1.29 is 18.3 Å². The predicted molar refractivity (Wildman–Crippen MR) is 82.2 cm³/mol. The maximum atomic E-state index is 12.6. The zero-order chi connectivity index (χ0) is 15.8. The standard InChI is InChI=1S/C14H10ClF3INO/c1-7-3-2-4-8(11(7)19)12(21)9-5-6-10(14(16,17)18)20-13(9)15/h2-6,12,21H,1H3. The molecule has 1 heterocycles. The molecule has 2 aromatic rings. The number of nitrogens with zero attached hydrogens (tertiary/aromatic N) is 1. The van der Waals surface area contributed by atoms with Gasteiger partial charge in [0, 0.05) is 9.13 Å². The number of aryl methyl sites for hydroxylation is 1. The van der Waals surface area contributed by atoms with E-state index < -0.39 is 18.0 Å². The largest absolute Gasteiger partial charge is 0.433 e. The summed E-state index contributed by atoms with van der Waals surface area (Å²) in [5.41, 5.74) is 0.609. The second-order valence-electron chi connectivity index (χ2n) is 4.45. The topological polar surface area (TPSA) is 33.1 Å². The number of rotatable bonds is 2. The van der Waals surface area contributed by atoms with Gasteiger partial charge in [0.2, 0.25) is 0 Å². The van der Waals surface area contributed by atoms with Crippen molar-refractivity contribution in [3.05, 3.63) is 61.4 Å². The first-order valence-corrected chi connectivity index (χ1v) is 7.34. The van der Waals surface area contributed by atoms with Crippen molar-refractivity contribution in [2.75, 3.05) is 0 Å². The van der Waals surface area contributed by atoms with E-state index in [1.54, 1.807) is 12.1 Å². The SMILES string of the molecule is Cc1cccc(C(O)c2ccc(C(F)(F)F)nc2Cl)c1I. The van der Waals surface area contributed by atoms with Gasteiger partial charge in [-0.2, -0.15) is 13.2 Å². The quantitative estimate of drug-likeness (QED) is 0.554. The average Bonchev–Trinajstić information content (AvgIpc) is 2.40. The minimum atomic E-state index is -4.56. The fourth-order valence-electron chi connectivity index (χ4n) is 1.86. The lowest BCUT2D eigenvalue weighted by Gasteiger charge is -2.16. The first-order chi connectivity index (χ1) is 9.71. The summed E-state index contributed by atoms with van der Waals surface area (Å²) in [5, 5.41) is 10.0. The Kier molecular flexibility index (Phi) is 4.79. The molecule has 2 rings (SSSR count). The molecule has 0 amide bonds. The molecular weight excluding hydrogens is 418 g/mol. The second kappa shape index (κ2) is 6.10. The minimum Gasteiger partial charge on any atom is -0.384 e. The van der Waals surface area contributed by atoms with Crippen molar-refractivity contribution in [1.82, 2.24) is 4.98 Å². The van der Waals surface area contributed by atoms with Crippen molar-refractivity contribution in [3.63, 3.8) is 0 Å². The van der Waals surface area contributed by atoms with Crippen LogP contribution in [-0.2, 0) is 6.18 Å². The minimum absolute atomic E-state index is 0.146. The van der Waals surface area contributed by atoms with Crippen LogP contribution in [0.4, 0.5) is 13.2 Å². The third-order valence-corrected chi connectivity index (χ3v) is 4.76. The van der Waals surface area contributed by atoms with E-state index in [1.165, 1.54) is 0 Å². The fraction of sp³-hybridized carbons (Fsp3) is 0.214. The van der Waals surface area contributed by atoms with E-state index in [0.29, 0.717) is 5.56 Å². The highest BCUT2D eigenvalue weighted by atomic mass is 127. The average molecular weight is 428 g/mol. The van der Waals surface area contributed by atoms with Crippen molar-refractivity contribution in [2.24, 2.45) is 0 Å². The van der Waals surface area contributed by atoms with E-state index in [9.17, 15) is 18.3 Å². The van der Waals surface area contributed by atoms with Gasteiger partial charge in [-0.05, 0) is 46.7 Å². The van der Waals surface area contributed by atoms with Gasteiger partial charge in [-0.1, -0.05) is 35.9 Å². The monoisotopic (exact) mass is 427 g/mol. The molecular formula is C14H10ClF3INO. The third kappa shape index (κ3) is 3.49. The van der Waals surface area contributed by atoms with Crippen LogP contribution < -0.4 is 0 Å². The summed E-state index contributed by atoms with van der Waals surface area (Å²) in [6.45, 7) is 1.88. The number of benzene rings is 1. The van der Waals surface area contributed by atoms with Crippen LogP contribution in [0.2, 0.25) is 5.15 Å². The van der Waals surface area contributed by atoms with Crippen molar-refractivity contribution in [1.29, 1.82) is 0 Å². The number of halogens is 5. The highest BCUT2D eigenvalue weighted by molar-refractivity contribution is 14.1. The van der Waals surface area contributed by atoms with Gasteiger partial charge in [0.25, 0.3) is 0 Å². The van der Waals surface area contributed by atoms with Gasteiger partial charge in [0.15, 0.2) is 0 Å². The Hall–Kier alpha value is -0.860. The van der Waals surface area contributed by atoms with Crippen LogP contribution >= 0.6 is 34.2 Å². The van der Waals surface area contributed by atoms with E-state index in [-0.39, 0.29) is 10.7 Å². The second-order valence-corrected chi connectivity index (χ2v) is 5.89. The van der Waals surface area contributed by atoms with Crippen LogP contribution in [0.25, 0.3) is 0 Å². The Labute approximate surface area is 138 Å². The Morgan fingerprint density at radius 3 is 2.43 bits per heavy atom. The van der Waals surface area contributed by atoms with E-state index in [1.807, 2.05) is 13.0 Å². The van der Waals surface area contributed by atoms with Gasteiger partial charge >= 0.3 is 6.18 Å². The summed E-state index contributed by atoms with van der Waals surface area (Å²) < 4.78 is 38.5. The zero-order valence-electron chi connectivity index (χ0n) is 10.7. The smallest absolute Gasteiger partial charge is 0.384 e. The highest BCUT2D eigenvalue weighted by Gasteiger charge is 2.33. The number of hydrogen-bond acceptors (Lipinski definition) is 2. The molecule has 0 saturated carbocycles. The molecule has 0 aliphatic carbocycles. The third-order valence-electron chi connectivity index (χ3n) is 2.98. The number of alkyl halides is 3. The lowest BCUT2D eigenvalue weighted by molar-refractivity contribution is -0.141. The van der Waals surface area contributed by atoms with Crippen molar-refractivity contribution in [3.8, 4) is 0 Å². The molecule has 112 valence electrons. The number of aromatic nitrogens is 1. The molecule has 1 aromatic heterocycles. The molecule has 0 fully saturated rings. The maximum absolute atomic E-state index is 12.6. The van der Waals surface area contributed by atoms with Gasteiger partial charge in [0.05, 0.1) is 0 Å². The molecule has 1 N–H and O–H groups in total. The zero-order valence-corrected chi connectivity index (χ0v) is 13.7. The van der Waals surface area contributed by atoms with E-state index in [0.717, 1.165) is 21.3 Å². The summed E-state index contributed by atoms with van der Waals surface area (Å²) in [5.74, 6) is 0. The molecule has 0 spiro atoms. The Balaban J connectivity index is 2.45. The lowest BCUT2D eigenvalue weighted by atomic mass is 10.0. The van der Waals surface area contributed by atoms with Gasteiger partial charge in [-0.25, -0.2) is 4.98 Å². The summed E-state index contributed by atoms with van der Waals surface area (Å²) in [4.78, 5) is 3.32. The first kappa shape index (κ1) is 16.5. The van der Waals surface area contributed by atoms with Crippen LogP contribution in [0.1, 0.15) is 28.5 Å². The van der Waals surface area contributed by atoms with Crippen LogP contribution in [0.3, 0.4) is 0 Å². The number of pyridine rings is 1. The summed E-state index contributed by atoms with van der Waals surface area (Å²) in [6, 6.07) is 7.31. The Morgan fingerprint density at radius 1 is 1.19 bits per heavy atom. The Morgan fingerprint density at radius 2 is 1.86 bits per heavy atom. The number of aliphatic hydroxyl groups excluding tert-OH is 1. The maximum Gasteiger partial charge on any atom is 0.433 e. The molecule has 0 aliphatic heterocycles. The molecule has 21 heavy (non-hydrogen) atoms. The van der Waals surface area contributed by atoms with Gasteiger partial charge in [-0.15, -0.1) is 0 Å². The van der Waals surface area contributed by atoms with Crippen LogP contribution in [0.15, 0.2) is 30.3 Å². The number of aliphatic hydroxyl groups is 1. The van der Waals surface area contributed by atoms with E-state index >= 15 is 0 Å². The highest BCUT2D eigenvalue weighted by Crippen LogP contribution is 2.34. The van der Waals surface area contributed by atoms with Gasteiger partial charge in [0.1, 0.15) is 17.0 Å². The summed E-state index contributed by atoms with van der Waals surface area (Å²) >= 11 is 7.87. The molecule has 0 radical (unpaired) electrons. The van der Waals surface area contributed by atoms with Crippen LogP contribution in [-0.4, -0.2) is 10.1 Å². The van der Waals surface area contributed by atoms with Crippen LogP contribution in [0.5, 0.6) is 0 Å². The molecule has 7 heteroatoms. The van der Waals surface area contributed by atoms with E-state index in [4.69, 9.17) is 11.6 Å². The number of hydrogen-bond donors (Lipinski definition) is 1. The molecule has 0 saturated heterocycles. The van der Waals surface area contributed by atoms with Crippen LogP contribution in [0, 0.1) is 10.5 Å². The van der Waals surface area contributed by atoms with Gasteiger partial charge < -0.3 is 5.11 Å². The molecule has 0 aliphatic rings. The molecule has 0 bridgehead atoms. The predicted octanol–water partition coefficient (Wildman–Crippen LogP) is 4.75. The van der Waals surface area contributed by atoms with Crippen molar-refractivity contribution in [2.45, 2.75) is 19.2 Å². The fourth-order valence-corrected chi connectivity index (χ4v) is 2.77. The molecule has 2 nitrogen and oxygen atoms in total. The summed E-state index contributed by atoms with van der Waals surface area (Å²) in [6.07, 6.45) is -5.69. The normalized spacial score (nSPS) is 13.3. The molecule has 1 atom stereocenters. The van der Waals surface area contributed by atoms with E-state index in [2.05, 4.69) is 27.6 Å². The lowest BCUT2D eigenvalue weighted by Crippen LogP contribution is -2.11. The molecule has 1 unspecified atom stereocenters. The first-order valence-electron chi connectivity index (χ1n) is 5.88. The molecule has 1 aromatic carbocycles. The summed E-state index contributed by atoms with van der Waals surface area (Å²) in [7, 11) is 0. The van der Waals surface area contributed by atoms with Crippen molar-refractivity contribution >= 4 is 34.2 Å².